The predicted molar refractivity (Wildman–Crippen MR) is 172 cm³/mol. The minimum absolute atomic E-state index is 0.0800. The molecule has 2 atom stereocenters. The third kappa shape index (κ3) is 7.10. The van der Waals surface area contributed by atoms with E-state index in [-0.39, 0.29) is 35.7 Å². The van der Waals surface area contributed by atoms with Gasteiger partial charge < -0.3 is 31.0 Å². The summed E-state index contributed by atoms with van der Waals surface area (Å²) in [6.07, 6.45) is 1.52. The van der Waals surface area contributed by atoms with Gasteiger partial charge in [0.25, 0.3) is 11.8 Å². The highest BCUT2D eigenvalue weighted by atomic mass is 32.1. The number of thiocarbonyl (C=S) groups is 1. The van der Waals surface area contributed by atoms with Gasteiger partial charge in [0.1, 0.15) is 17.8 Å². The molecule has 3 amide bonds. The second kappa shape index (κ2) is 13.6. The second-order valence-corrected chi connectivity index (χ2v) is 11.2. The number of aromatic nitrogens is 2. The zero-order valence-corrected chi connectivity index (χ0v) is 25.0. The van der Waals surface area contributed by atoms with Gasteiger partial charge in [0.15, 0.2) is 5.11 Å². The van der Waals surface area contributed by atoms with Crippen molar-refractivity contribution in [1.82, 2.24) is 25.1 Å². The molecule has 5 rings (SSSR count). The molecule has 1 aliphatic rings. The Morgan fingerprint density at radius 3 is 2.36 bits per heavy atom. The van der Waals surface area contributed by atoms with E-state index in [2.05, 4.69) is 15.6 Å². The van der Waals surface area contributed by atoms with Gasteiger partial charge in [-0.25, -0.2) is 0 Å². The Labute approximate surface area is 262 Å². The van der Waals surface area contributed by atoms with Gasteiger partial charge in [-0.05, 0) is 60.5 Å². The quantitative estimate of drug-likeness (QED) is 0.0886. The third-order valence-corrected chi connectivity index (χ3v) is 8.02. The molecular formula is C32H32N6O6S. The van der Waals surface area contributed by atoms with Crippen molar-refractivity contribution in [2.45, 2.75) is 44.3 Å². The lowest BCUT2D eigenvalue weighted by Crippen LogP contribution is -2.46. The van der Waals surface area contributed by atoms with Gasteiger partial charge in [-0.15, -0.1) is 0 Å². The van der Waals surface area contributed by atoms with Crippen molar-refractivity contribution in [3.8, 4) is 5.75 Å². The topological polar surface area (TPSA) is 180 Å². The van der Waals surface area contributed by atoms with Crippen molar-refractivity contribution < 1.29 is 19.5 Å². The number of rotatable bonds is 12. The number of hydrogen-bond acceptors (Lipinski definition) is 7. The van der Waals surface area contributed by atoms with Gasteiger partial charge >= 0.3 is 11.1 Å². The van der Waals surface area contributed by atoms with Gasteiger partial charge in [0, 0.05) is 25.9 Å². The van der Waals surface area contributed by atoms with Crippen molar-refractivity contribution in [3.63, 3.8) is 0 Å². The number of phenolic OH excluding ortho intramolecular Hbond substituents is 1. The van der Waals surface area contributed by atoms with Crippen LogP contribution in [-0.2, 0) is 29.0 Å². The smallest absolute Gasteiger partial charge is 0.316 e. The SMILES string of the molecule is NC(=O)[C@H](Cc1ccccc1)NC(=O)c1cccc2c1[nH]c(=O)c(=O)n2CCCCN1C(=O)C(Cc2ccc(O)cc2)NC1=S. The molecular weight excluding hydrogens is 596 g/mol. The number of hydrogen-bond donors (Lipinski definition) is 5. The largest absolute Gasteiger partial charge is 0.508 e. The number of phenols is 1. The molecule has 1 aromatic heterocycles. The average molecular weight is 629 g/mol. The number of H-pyrrole nitrogens is 1. The summed E-state index contributed by atoms with van der Waals surface area (Å²) < 4.78 is 1.30. The first-order valence-electron chi connectivity index (χ1n) is 14.4. The Bertz CT molecular complexity index is 1870. The number of nitrogens with zero attached hydrogens (tertiary/aromatic N) is 2. The number of carbonyl (C=O) groups is 3. The number of amides is 3. The summed E-state index contributed by atoms with van der Waals surface area (Å²) in [7, 11) is 0. The van der Waals surface area contributed by atoms with E-state index in [0.29, 0.717) is 36.4 Å². The van der Waals surface area contributed by atoms with Crippen LogP contribution in [0.4, 0.5) is 0 Å². The van der Waals surface area contributed by atoms with E-state index < -0.39 is 35.0 Å². The molecule has 0 bridgehead atoms. The first-order chi connectivity index (χ1) is 21.6. The Balaban J connectivity index is 1.26. The lowest BCUT2D eigenvalue weighted by atomic mass is 10.0. The van der Waals surface area contributed by atoms with Gasteiger partial charge in [-0.2, -0.15) is 0 Å². The molecule has 13 heteroatoms. The number of aryl methyl sites for hydroxylation is 1. The summed E-state index contributed by atoms with van der Waals surface area (Å²) in [5, 5.41) is 15.5. The minimum atomic E-state index is -0.998. The van der Waals surface area contributed by atoms with Gasteiger partial charge in [-0.1, -0.05) is 48.5 Å². The van der Waals surface area contributed by atoms with Crippen LogP contribution in [0, 0.1) is 0 Å². The maximum absolute atomic E-state index is 13.3. The zero-order chi connectivity index (χ0) is 32.1. The second-order valence-electron chi connectivity index (χ2n) is 10.8. The molecule has 6 N–H and O–H groups in total. The minimum Gasteiger partial charge on any atom is -0.508 e. The Hall–Kier alpha value is -5.30. The molecule has 3 aromatic carbocycles. The van der Waals surface area contributed by atoms with Crippen molar-refractivity contribution in [3.05, 3.63) is 110 Å². The molecule has 0 radical (unpaired) electrons. The summed E-state index contributed by atoms with van der Waals surface area (Å²) in [5.74, 6) is -1.36. The van der Waals surface area contributed by atoms with Gasteiger partial charge in [-0.3, -0.25) is 28.9 Å². The molecule has 1 saturated heterocycles. The van der Waals surface area contributed by atoms with E-state index in [4.69, 9.17) is 18.0 Å². The number of nitrogens with one attached hydrogen (secondary N) is 3. The fourth-order valence-electron chi connectivity index (χ4n) is 5.35. The number of benzene rings is 3. The maximum atomic E-state index is 13.3. The monoisotopic (exact) mass is 628 g/mol. The molecule has 1 aliphatic heterocycles. The van der Waals surface area contributed by atoms with Gasteiger partial charge in [0.2, 0.25) is 5.91 Å². The number of fused-ring (bicyclic) bond motifs is 1. The highest BCUT2D eigenvalue weighted by molar-refractivity contribution is 7.80. The molecule has 1 fully saturated rings. The highest BCUT2D eigenvalue weighted by Gasteiger charge is 2.34. The maximum Gasteiger partial charge on any atom is 0.316 e. The van der Waals surface area contributed by atoms with E-state index >= 15 is 0 Å². The number of carbonyl (C=O) groups excluding carboxylic acids is 3. The van der Waals surface area contributed by atoms with Crippen molar-refractivity contribution in [2.75, 3.05) is 6.54 Å². The summed E-state index contributed by atoms with van der Waals surface area (Å²) in [5.41, 5.74) is 6.15. The summed E-state index contributed by atoms with van der Waals surface area (Å²) >= 11 is 5.38. The van der Waals surface area contributed by atoms with Crippen molar-refractivity contribution in [1.29, 1.82) is 0 Å². The summed E-state index contributed by atoms with van der Waals surface area (Å²) in [4.78, 5) is 68.0. The summed E-state index contributed by atoms with van der Waals surface area (Å²) in [6.45, 7) is 0.470. The molecule has 45 heavy (non-hydrogen) atoms. The van der Waals surface area contributed by atoms with Crippen molar-refractivity contribution >= 4 is 46.1 Å². The van der Waals surface area contributed by atoms with E-state index in [0.717, 1.165) is 11.1 Å². The number of aromatic hydroxyl groups is 1. The molecule has 1 unspecified atom stereocenters. The number of para-hydroxylation sites is 1. The van der Waals surface area contributed by atoms with Crippen LogP contribution < -0.4 is 27.5 Å². The van der Waals surface area contributed by atoms with Crippen LogP contribution >= 0.6 is 12.2 Å². The molecule has 0 spiro atoms. The molecule has 232 valence electrons. The molecule has 0 aliphatic carbocycles. The number of unbranched alkanes of at least 4 members (excludes halogenated alkanes) is 1. The fraction of sp³-hybridized carbons (Fsp3) is 0.250. The van der Waals surface area contributed by atoms with Crippen LogP contribution in [0.1, 0.15) is 34.3 Å². The number of primary amides is 1. The lowest BCUT2D eigenvalue weighted by Gasteiger charge is -2.17. The average Bonchev–Trinajstić information content (AvgIpc) is 3.29. The number of aromatic amines is 1. The highest BCUT2D eigenvalue weighted by Crippen LogP contribution is 2.18. The Morgan fingerprint density at radius 2 is 1.64 bits per heavy atom. The van der Waals surface area contributed by atoms with Crippen LogP contribution in [0.2, 0.25) is 0 Å². The van der Waals surface area contributed by atoms with Crippen LogP contribution in [0.25, 0.3) is 11.0 Å². The predicted octanol–water partition coefficient (Wildman–Crippen LogP) is 1.33. The van der Waals surface area contributed by atoms with E-state index in [1.165, 1.54) is 15.5 Å². The standard InChI is InChI=1S/C32H32N6O6S/c33-27(40)23(17-19-7-2-1-3-8-19)34-28(41)22-9-6-10-25-26(22)36-29(42)31(44)37(25)15-4-5-16-38-30(43)24(35-32(38)45)18-20-11-13-21(39)14-12-20/h1-3,6-14,23-24,39H,4-5,15-18H2,(H2,33,40)(H,34,41)(H,35,45)(H,36,42)/t23-,24?/m0/s1. The fourth-order valence-corrected chi connectivity index (χ4v) is 5.67. The molecule has 12 nitrogen and oxygen atoms in total. The first-order valence-corrected chi connectivity index (χ1v) is 14.8. The van der Waals surface area contributed by atoms with Crippen LogP contribution in [0.3, 0.4) is 0 Å². The van der Waals surface area contributed by atoms with E-state index in [9.17, 15) is 29.1 Å². The third-order valence-electron chi connectivity index (χ3n) is 7.68. The number of nitrogens with two attached hydrogens (primary N) is 1. The Morgan fingerprint density at radius 1 is 0.933 bits per heavy atom. The van der Waals surface area contributed by atoms with E-state index in [1.54, 1.807) is 36.4 Å². The molecule has 0 saturated carbocycles. The molecule has 4 aromatic rings. The van der Waals surface area contributed by atoms with Crippen molar-refractivity contribution in [2.24, 2.45) is 5.73 Å². The van der Waals surface area contributed by atoms with Gasteiger partial charge in [0.05, 0.1) is 16.6 Å². The van der Waals surface area contributed by atoms with E-state index in [1.807, 2.05) is 30.3 Å². The normalized spacial score (nSPS) is 15.2. The first kappa shape index (κ1) is 31.1. The van der Waals surface area contributed by atoms with Crippen LogP contribution in [0.5, 0.6) is 5.75 Å². The zero-order valence-electron chi connectivity index (χ0n) is 24.2. The Kier molecular flexibility index (Phi) is 9.38. The summed E-state index contributed by atoms with van der Waals surface area (Å²) in [6, 6.07) is 18.9. The van der Waals surface area contributed by atoms with Crippen LogP contribution in [-0.4, -0.2) is 61.0 Å². The lowest BCUT2D eigenvalue weighted by molar-refractivity contribution is -0.127. The van der Waals surface area contributed by atoms with Crippen LogP contribution in [0.15, 0.2) is 82.4 Å². The molecule has 2 heterocycles.